The Hall–Kier alpha value is -0.0800. The molecule has 0 amide bonds. The zero-order chi connectivity index (χ0) is 4.57. The molecule has 1 rings (SSSR count). The highest BCUT2D eigenvalue weighted by Gasteiger charge is 2.20. The van der Waals surface area contributed by atoms with E-state index in [1.807, 2.05) is 0 Å². The molecule has 0 aliphatic heterocycles. The van der Waals surface area contributed by atoms with Crippen molar-refractivity contribution in [3.63, 3.8) is 0 Å². The summed E-state index contributed by atoms with van der Waals surface area (Å²) >= 11 is 0. The fourth-order valence-electron chi connectivity index (χ4n) is 0.709. The quantitative estimate of drug-likeness (QED) is 0.415. The zero-order valence-corrected chi connectivity index (χ0v) is 3.72. The minimum atomic E-state index is 0.417. The Morgan fingerprint density at radius 2 is 1.33 bits per heavy atom. The summed E-state index contributed by atoms with van der Waals surface area (Å²) in [5, 5.41) is 0. The molecule has 0 spiro atoms. The van der Waals surface area contributed by atoms with Gasteiger partial charge in [0.2, 0.25) is 0 Å². The molecule has 1 saturated carbocycles. The average Bonchev–Trinajstić information content (AvgIpc) is 1.33. The molecule has 0 unspecified atom stereocenters. The lowest BCUT2D eigenvalue weighted by Crippen LogP contribution is -2.45. The molecule has 0 atom stereocenters. The van der Waals surface area contributed by atoms with Gasteiger partial charge in [-0.05, 0) is 12.8 Å². The van der Waals surface area contributed by atoms with Gasteiger partial charge in [0.25, 0.3) is 0 Å². The fourth-order valence-corrected chi connectivity index (χ4v) is 0.709. The van der Waals surface area contributed by atoms with Crippen LogP contribution in [0.15, 0.2) is 0 Å². The molecule has 6 heavy (non-hydrogen) atoms. The molecule has 0 aromatic heterocycles. The van der Waals surface area contributed by atoms with E-state index < -0.39 is 0 Å². The van der Waals surface area contributed by atoms with Crippen molar-refractivity contribution in [2.45, 2.75) is 24.9 Å². The van der Waals surface area contributed by atoms with Gasteiger partial charge in [0.1, 0.15) is 0 Å². The van der Waals surface area contributed by atoms with Gasteiger partial charge in [-0.25, -0.2) is 0 Å². The molecule has 1 aliphatic carbocycles. The van der Waals surface area contributed by atoms with Crippen LogP contribution in [0.1, 0.15) is 12.8 Å². The van der Waals surface area contributed by atoms with Crippen LogP contribution in [0, 0.1) is 0 Å². The van der Waals surface area contributed by atoms with Gasteiger partial charge in [-0.1, -0.05) is 0 Å². The van der Waals surface area contributed by atoms with Crippen LogP contribution in [0.3, 0.4) is 0 Å². The number of nitrogens with two attached hydrogens (primary N) is 2. The highest BCUT2D eigenvalue weighted by molar-refractivity contribution is 4.84. The predicted molar refractivity (Wildman–Crippen MR) is 25.2 cm³/mol. The van der Waals surface area contributed by atoms with Gasteiger partial charge in [0.15, 0.2) is 0 Å². The summed E-state index contributed by atoms with van der Waals surface area (Å²) in [5.41, 5.74) is 10.8. The van der Waals surface area contributed by atoms with E-state index in [-0.39, 0.29) is 0 Å². The van der Waals surface area contributed by atoms with Crippen LogP contribution < -0.4 is 11.5 Å². The van der Waals surface area contributed by atoms with E-state index in [0.29, 0.717) is 12.1 Å². The molecule has 4 N–H and O–H groups in total. The molecule has 2 nitrogen and oxygen atoms in total. The monoisotopic (exact) mass is 86.1 g/mol. The largest absolute Gasteiger partial charge is 0.328 e. The van der Waals surface area contributed by atoms with Crippen molar-refractivity contribution in [2.75, 3.05) is 0 Å². The van der Waals surface area contributed by atoms with Crippen LogP contribution in [0.4, 0.5) is 0 Å². The summed E-state index contributed by atoms with van der Waals surface area (Å²) in [4.78, 5) is 0. The van der Waals surface area contributed by atoms with E-state index in [9.17, 15) is 0 Å². The molecule has 2 heteroatoms. The molecule has 0 aromatic rings. The van der Waals surface area contributed by atoms with Crippen molar-refractivity contribution >= 4 is 0 Å². The summed E-state index contributed by atoms with van der Waals surface area (Å²) in [6.45, 7) is 0. The smallest absolute Gasteiger partial charge is 0.00683 e. The van der Waals surface area contributed by atoms with Crippen molar-refractivity contribution in [2.24, 2.45) is 11.5 Å². The minimum absolute atomic E-state index is 0.417. The molecule has 1 fully saturated rings. The van der Waals surface area contributed by atoms with Crippen LogP contribution in [0.2, 0.25) is 0 Å². The molecule has 36 valence electrons. The maximum Gasteiger partial charge on any atom is 0.00683 e. The van der Waals surface area contributed by atoms with Gasteiger partial charge in [0.05, 0.1) is 0 Å². The molecular weight excluding hydrogens is 76.1 g/mol. The third-order valence-corrected chi connectivity index (χ3v) is 1.21. The average molecular weight is 86.1 g/mol. The fraction of sp³-hybridized carbons (Fsp3) is 1.00. The Kier molecular flexibility index (Phi) is 0.821. The first-order valence-corrected chi connectivity index (χ1v) is 2.30. The Morgan fingerprint density at radius 3 is 1.33 bits per heavy atom. The van der Waals surface area contributed by atoms with Crippen molar-refractivity contribution in [3.8, 4) is 0 Å². The maximum atomic E-state index is 5.39. The van der Waals surface area contributed by atoms with Gasteiger partial charge >= 0.3 is 0 Å². The maximum absolute atomic E-state index is 5.39. The SMILES string of the molecule is NC1CC(N)C1. The number of hydrogen-bond donors (Lipinski definition) is 2. The predicted octanol–water partition coefficient (Wildman–Crippen LogP) is -0.565. The Morgan fingerprint density at radius 1 is 1.00 bits per heavy atom. The summed E-state index contributed by atoms with van der Waals surface area (Å²) in [6, 6.07) is 0.833. The normalized spacial score (nSPS) is 45.0. The van der Waals surface area contributed by atoms with Crippen molar-refractivity contribution in [1.29, 1.82) is 0 Å². The molecule has 0 heterocycles. The van der Waals surface area contributed by atoms with Crippen LogP contribution in [-0.4, -0.2) is 12.1 Å². The Balaban J connectivity index is 2.11. The first-order valence-electron chi connectivity index (χ1n) is 2.30. The third-order valence-electron chi connectivity index (χ3n) is 1.21. The van der Waals surface area contributed by atoms with Gasteiger partial charge in [-0.3, -0.25) is 0 Å². The van der Waals surface area contributed by atoms with E-state index in [1.165, 1.54) is 0 Å². The van der Waals surface area contributed by atoms with E-state index in [0.717, 1.165) is 12.8 Å². The molecule has 0 radical (unpaired) electrons. The van der Waals surface area contributed by atoms with Crippen molar-refractivity contribution in [3.05, 3.63) is 0 Å². The molecular formula is C4H10N2. The Labute approximate surface area is 37.5 Å². The lowest BCUT2D eigenvalue weighted by molar-refractivity contribution is 0.351. The Bertz CT molecular complexity index is 41.5. The molecule has 0 aromatic carbocycles. The van der Waals surface area contributed by atoms with Crippen LogP contribution in [0.25, 0.3) is 0 Å². The lowest BCUT2D eigenvalue weighted by atomic mass is 9.89. The molecule has 1 aliphatic rings. The molecule has 0 saturated heterocycles. The first-order chi connectivity index (χ1) is 2.79. The van der Waals surface area contributed by atoms with Crippen molar-refractivity contribution < 1.29 is 0 Å². The lowest BCUT2D eigenvalue weighted by Gasteiger charge is -2.28. The molecule has 0 bridgehead atoms. The summed E-state index contributed by atoms with van der Waals surface area (Å²) in [6.07, 6.45) is 2.06. The van der Waals surface area contributed by atoms with Crippen LogP contribution in [-0.2, 0) is 0 Å². The second-order valence-electron chi connectivity index (χ2n) is 1.99. The van der Waals surface area contributed by atoms with Gasteiger partial charge < -0.3 is 11.5 Å². The highest BCUT2D eigenvalue weighted by Crippen LogP contribution is 2.13. The highest BCUT2D eigenvalue weighted by atomic mass is 14.8. The van der Waals surface area contributed by atoms with E-state index in [4.69, 9.17) is 11.5 Å². The van der Waals surface area contributed by atoms with E-state index in [1.54, 1.807) is 0 Å². The minimum Gasteiger partial charge on any atom is -0.328 e. The first kappa shape index (κ1) is 4.09. The van der Waals surface area contributed by atoms with Gasteiger partial charge in [0, 0.05) is 12.1 Å². The van der Waals surface area contributed by atoms with E-state index in [2.05, 4.69) is 0 Å². The van der Waals surface area contributed by atoms with E-state index >= 15 is 0 Å². The van der Waals surface area contributed by atoms with Gasteiger partial charge in [-0.2, -0.15) is 0 Å². The zero-order valence-electron chi connectivity index (χ0n) is 3.72. The second-order valence-corrected chi connectivity index (χ2v) is 1.99. The summed E-state index contributed by atoms with van der Waals surface area (Å²) in [5.74, 6) is 0. The standard InChI is InChI=1S/C4H10N2/c5-3-1-4(6)2-3/h3-4H,1-2,5-6H2. The van der Waals surface area contributed by atoms with Crippen LogP contribution in [0.5, 0.6) is 0 Å². The number of rotatable bonds is 0. The van der Waals surface area contributed by atoms with Crippen LogP contribution >= 0.6 is 0 Å². The third kappa shape index (κ3) is 0.533. The van der Waals surface area contributed by atoms with Gasteiger partial charge in [-0.15, -0.1) is 0 Å². The second kappa shape index (κ2) is 1.21. The summed E-state index contributed by atoms with van der Waals surface area (Å²) in [7, 11) is 0. The summed E-state index contributed by atoms with van der Waals surface area (Å²) < 4.78 is 0. The van der Waals surface area contributed by atoms with Crippen molar-refractivity contribution in [1.82, 2.24) is 0 Å². The number of hydrogen-bond acceptors (Lipinski definition) is 2. The topological polar surface area (TPSA) is 52.0 Å².